The van der Waals surface area contributed by atoms with Crippen molar-refractivity contribution in [2.45, 2.75) is 56.6 Å². The molecule has 0 unspecified atom stereocenters. The Morgan fingerprint density at radius 3 is 2.26 bits per heavy atom. The number of hydrogen-bond acceptors (Lipinski definition) is 3. The summed E-state index contributed by atoms with van der Waals surface area (Å²) >= 11 is 5.19. The van der Waals surface area contributed by atoms with Gasteiger partial charge < -0.3 is 10.2 Å². The Balaban J connectivity index is 1.86. The minimum atomic E-state index is -0.598. The Bertz CT molecular complexity index is 1080. The zero-order chi connectivity index (χ0) is 25.0. The number of halogens is 1. The highest BCUT2D eigenvalue weighted by atomic mass is 79.9. The van der Waals surface area contributed by atoms with Crippen LogP contribution in [0.4, 0.5) is 0 Å². The van der Waals surface area contributed by atoms with E-state index >= 15 is 0 Å². The summed E-state index contributed by atoms with van der Waals surface area (Å²) in [5, 5.41) is 3.12. The van der Waals surface area contributed by atoms with E-state index < -0.39 is 6.04 Å². The SMILES string of the molecule is CC[C@@H](C)NC(=O)[C@@H](Cc1ccccc1)N(Cc1cccc(Br)c1)C(=O)CCSc1ccccc1. The van der Waals surface area contributed by atoms with Crippen LogP contribution in [0.1, 0.15) is 37.8 Å². The van der Waals surface area contributed by atoms with Crippen molar-refractivity contribution in [1.29, 1.82) is 0 Å². The molecule has 6 heteroatoms. The largest absolute Gasteiger partial charge is 0.352 e. The number of rotatable bonds is 12. The van der Waals surface area contributed by atoms with Crippen LogP contribution in [0.3, 0.4) is 0 Å². The molecule has 2 atom stereocenters. The third kappa shape index (κ3) is 8.86. The lowest BCUT2D eigenvalue weighted by Crippen LogP contribution is -2.52. The summed E-state index contributed by atoms with van der Waals surface area (Å²) < 4.78 is 0.950. The van der Waals surface area contributed by atoms with Crippen molar-refractivity contribution in [3.8, 4) is 0 Å². The Hall–Kier alpha value is -2.57. The van der Waals surface area contributed by atoms with Crippen molar-refractivity contribution < 1.29 is 9.59 Å². The van der Waals surface area contributed by atoms with Gasteiger partial charge in [-0.25, -0.2) is 0 Å². The molecule has 0 aliphatic rings. The predicted molar refractivity (Wildman–Crippen MR) is 148 cm³/mol. The van der Waals surface area contributed by atoms with Crippen LogP contribution in [0, 0.1) is 0 Å². The summed E-state index contributed by atoms with van der Waals surface area (Å²) in [5.41, 5.74) is 2.01. The van der Waals surface area contributed by atoms with Crippen LogP contribution in [-0.2, 0) is 22.6 Å². The highest BCUT2D eigenvalue weighted by Gasteiger charge is 2.30. The number of carbonyl (C=O) groups is 2. The lowest BCUT2D eigenvalue weighted by atomic mass is 10.0. The second-order valence-electron chi connectivity index (χ2n) is 8.59. The maximum atomic E-state index is 13.6. The van der Waals surface area contributed by atoms with E-state index in [1.807, 2.05) is 98.8 Å². The summed E-state index contributed by atoms with van der Waals surface area (Å²) in [4.78, 5) is 30.0. The summed E-state index contributed by atoms with van der Waals surface area (Å²) in [6.07, 6.45) is 1.65. The van der Waals surface area contributed by atoms with Gasteiger partial charge in [0.1, 0.15) is 6.04 Å². The zero-order valence-corrected chi connectivity index (χ0v) is 22.7. The molecule has 0 saturated carbocycles. The van der Waals surface area contributed by atoms with Crippen LogP contribution in [-0.4, -0.2) is 34.6 Å². The second kappa shape index (κ2) is 14.1. The average Bonchev–Trinajstić information content (AvgIpc) is 2.87. The molecule has 0 spiro atoms. The standard InChI is InChI=1S/C29H33BrN2O2S/c1-3-22(2)31-29(34)27(20-23-11-6-4-7-12-23)32(21-24-13-10-14-25(30)19-24)28(33)17-18-35-26-15-8-5-9-16-26/h4-16,19,22,27H,3,17-18,20-21H2,1-2H3,(H,31,34)/t22-,27-/m1/s1. The zero-order valence-electron chi connectivity index (χ0n) is 20.3. The van der Waals surface area contributed by atoms with Gasteiger partial charge in [-0.2, -0.15) is 0 Å². The summed E-state index contributed by atoms with van der Waals surface area (Å²) in [5.74, 6) is 0.527. The molecule has 0 fully saturated rings. The highest BCUT2D eigenvalue weighted by molar-refractivity contribution is 9.10. The van der Waals surface area contributed by atoms with Crippen LogP contribution in [0.5, 0.6) is 0 Å². The Morgan fingerprint density at radius 2 is 1.60 bits per heavy atom. The van der Waals surface area contributed by atoms with Gasteiger partial charge in [-0.05, 0) is 48.7 Å². The molecule has 0 bridgehead atoms. The van der Waals surface area contributed by atoms with Gasteiger partial charge in [-0.1, -0.05) is 83.5 Å². The van der Waals surface area contributed by atoms with Crippen molar-refractivity contribution in [2.75, 3.05) is 5.75 Å². The van der Waals surface area contributed by atoms with E-state index in [1.54, 1.807) is 16.7 Å². The number of hydrogen-bond donors (Lipinski definition) is 1. The average molecular weight is 554 g/mol. The number of nitrogens with one attached hydrogen (secondary N) is 1. The normalized spacial score (nSPS) is 12.5. The summed E-state index contributed by atoms with van der Waals surface area (Å²) in [6, 6.07) is 27.4. The Kier molecular flexibility index (Phi) is 10.9. The molecule has 3 aromatic carbocycles. The first-order valence-electron chi connectivity index (χ1n) is 12.0. The minimum absolute atomic E-state index is 0.0198. The smallest absolute Gasteiger partial charge is 0.243 e. The van der Waals surface area contributed by atoms with Gasteiger partial charge in [0.2, 0.25) is 11.8 Å². The maximum Gasteiger partial charge on any atom is 0.243 e. The quantitative estimate of drug-likeness (QED) is 0.261. The molecular formula is C29H33BrN2O2S. The summed E-state index contributed by atoms with van der Waals surface area (Å²) in [7, 11) is 0. The first-order valence-corrected chi connectivity index (χ1v) is 13.8. The molecule has 0 aliphatic heterocycles. The number of thioether (sulfide) groups is 1. The number of carbonyl (C=O) groups excluding carboxylic acids is 2. The molecule has 0 heterocycles. The van der Waals surface area contributed by atoms with Crippen LogP contribution < -0.4 is 5.32 Å². The molecule has 3 rings (SSSR count). The minimum Gasteiger partial charge on any atom is -0.352 e. The van der Waals surface area contributed by atoms with E-state index in [2.05, 4.69) is 21.2 Å². The lowest BCUT2D eigenvalue weighted by molar-refractivity contribution is -0.141. The van der Waals surface area contributed by atoms with Gasteiger partial charge in [0.25, 0.3) is 0 Å². The van der Waals surface area contributed by atoms with Gasteiger partial charge in [0.05, 0.1) is 0 Å². The predicted octanol–water partition coefficient (Wildman–Crippen LogP) is 6.49. The molecular weight excluding hydrogens is 520 g/mol. The van der Waals surface area contributed by atoms with Gasteiger partial charge >= 0.3 is 0 Å². The molecule has 35 heavy (non-hydrogen) atoms. The van der Waals surface area contributed by atoms with Crippen LogP contribution in [0.2, 0.25) is 0 Å². The fourth-order valence-electron chi connectivity index (χ4n) is 3.74. The number of benzene rings is 3. The molecule has 2 amide bonds. The van der Waals surface area contributed by atoms with Crippen molar-refractivity contribution in [1.82, 2.24) is 10.2 Å². The van der Waals surface area contributed by atoms with Crippen LogP contribution in [0.15, 0.2) is 94.3 Å². The van der Waals surface area contributed by atoms with Crippen LogP contribution >= 0.6 is 27.7 Å². The first kappa shape index (κ1) is 27.0. The Morgan fingerprint density at radius 1 is 0.943 bits per heavy atom. The van der Waals surface area contributed by atoms with Crippen molar-refractivity contribution >= 4 is 39.5 Å². The van der Waals surface area contributed by atoms with Crippen molar-refractivity contribution in [2.24, 2.45) is 0 Å². The molecule has 0 saturated heterocycles. The van der Waals surface area contributed by atoms with E-state index in [-0.39, 0.29) is 17.9 Å². The Labute approximate surface area is 221 Å². The van der Waals surface area contributed by atoms with E-state index in [4.69, 9.17) is 0 Å². The summed E-state index contributed by atoms with van der Waals surface area (Å²) in [6.45, 7) is 4.41. The molecule has 0 radical (unpaired) electrons. The van der Waals surface area contributed by atoms with Gasteiger partial charge in [0.15, 0.2) is 0 Å². The third-order valence-corrected chi connectivity index (χ3v) is 7.35. The highest BCUT2D eigenvalue weighted by Crippen LogP contribution is 2.22. The van der Waals surface area contributed by atoms with Crippen molar-refractivity contribution in [3.05, 3.63) is 101 Å². The molecule has 4 nitrogen and oxygen atoms in total. The maximum absolute atomic E-state index is 13.6. The monoisotopic (exact) mass is 552 g/mol. The second-order valence-corrected chi connectivity index (χ2v) is 10.7. The van der Waals surface area contributed by atoms with E-state index in [1.165, 1.54) is 0 Å². The molecule has 1 N–H and O–H groups in total. The van der Waals surface area contributed by atoms with Gasteiger partial charge in [-0.3, -0.25) is 9.59 Å². The fraction of sp³-hybridized carbons (Fsp3) is 0.310. The lowest BCUT2D eigenvalue weighted by Gasteiger charge is -2.32. The molecule has 0 aromatic heterocycles. The van der Waals surface area contributed by atoms with Gasteiger partial charge in [-0.15, -0.1) is 11.8 Å². The third-order valence-electron chi connectivity index (χ3n) is 5.84. The van der Waals surface area contributed by atoms with Crippen LogP contribution in [0.25, 0.3) is 0 Å². The molecule has 3 aromatic rings. The van der Waals surface area contributed by atoms with E-state index in [0.29, 0.717) is 25.1 Å². The molecule has 184 valence electrons. The first-order chi connectivity index (χ1) is 17.0. The topological polar surface area (TPSA) is 49.4 Å². The van der Waals surface area contributed by atoms with E-state index in [0.717, 1.165) is 26.9 Å². The molecule has 0 aliphatic carbocycles. The number of nitrogens with zero attached hydrogens (tertiary/aromatic N) is 1. The fourth-order valence-corrected chi connectivity index (χ4v) is 5.05. The van der Waals surface area contributed by atoms with Gasteiger partial charge in [0, 0.05) is 40.5 Å². The van der Waals surface area contributed by atoms with E-state index in [9.17, 15) is 9.59 Å². The number of amides is 2. The van der Waals surface area contributed by atoms with Crippen molar-refractivity contribution in [3.63, 3.8) is 0 Å².